The summed E-state index contributed by atoms with van der Waals surface area (Å²) in [6.45, 7) is 0.870. The molecule has 0 spiro atoms. The van der Waals surface area contributed by atoms with Gasteiger partial charge in [-0.25, -0.2) is 13.8 Å². The lowest BCUT2D eigenvalue weighted by molar-refractivity contribution is -0.385. The van der Waals surface area contributed by atoms with E-state index in [-0.39, 0.29) is 34.3 Å². The SMILES string of the molecule is O=C(N/N=C\c1cc2c(cc1[N+](=O)[O-])OCO2)c1cccc(S(=O)(=O)N2CCCC2)c1. The number of carbonyl (C=O) groups is 1. The first kappa shape index (κ1) is 20.8. The molecular weight excluding hydrogens is 428 g/mol. The third-order valence-corrected chi connectivity index (χ3v) is 6.78. The summed E-state index contributed by atoms with van der Waals surface area (Å²) in [5.41, 5.74) is 2.20. The predicted octanol–water partition coefficient (Wildman–Crippen LogP) is 1.87. The van der Waals surface area contributed by atoms with Gasteiger partial charge < -0.3 is 9.47 Å². The van der Waals surface area contributed by atoms with Gasteiger partial charge in [-0.2, -0.15) is 9.41 Å². The first-order valence-corrected chi connectivity index (χ1v) is 10.8. The molecule has 2 heterocycles. The van der Waals surface area contributed by atoms with Crippen LogP contribution in [0, 0.1) is 10.1 Å². The normalized spacial score (nSPS) is 16.0. The number of amides is 1. The zero-order valence-electron chi connectivity index (χ0n) is 16.2. The first-order chi connectivity index (χ1) is 14.9. The Balaban J connectivity index is 1.51. The van der Waals surface area contributed by atoms with Crippen molar-refractivity contribution in [2.75, 3.05) is 19.9 Å². The van der Waals surface area contributed by atoms with E-state index in [1.54, 1.807) is 0 Å². The fourth-order valence-electron chi connectivity index (χ4n) is 3.31. The smallest absolute Gasteiger partial charge is 0.282 e. The highest BCUT2D eigenvalue weighted by Crippen LogP contribution is 2.37. The lowest BCUT2D eigenvalue weighted by Gasteiger charge is -2.15. The molecule has 0 radical (unpaired) electrons. The number of carbonyl (C=O) groups excluding carboxylic acids is 1. The van der Waals surface area contributed by atoms with Crippen LogP contribution in [0.3, 0.4) is 0 Å². The van der Waals surface area contributed by atoms with Crippen LogP contribution >= 0.6 is 0 Å². The maximum absolute atomic E-state index is 12.7. The highest BCUT2D eigenvalue weighted by molar-refractivity contribution is 7.89. The standard InChI is InChI=1S/C19H18N4O7S/c24-19(13-4-3-5-15(8-13)31(27,28)22-6-1-2-7-22)21-20-11-14-9-17-18(30-12-29-17)10-16(14)23(25)26/h3-5,8-11H,1-2,6-7,12H2,(H,21,24)/b20-11-. The lowest BCUT2D eigenvalue weighted by atomic mass is 10.1. The van der Waals surface area contributed by atoms with Gasteiger partial charge in [0.05, 0.1) is 27.7 Å². The number of hydrogen-bond acceptors (Lipinski definition) is 8. The summed E-state index contributed by atoms with van der Waals surface area (Å²) in [7, 11) is -3.67. The largest absolute Gasteiger partial charge is 0.454 e. The molecule has 0 bridgehead atoms. The van der Waals surface area contributed by atoms with Crippen LogP contribution in [-0.4, -0.2) is 49.7 Å². The minimum absolute atomic E-state index is 0.0254. The number of hydrazone groups is 1. The van der Waals surface area contributed by atoms with Crippen molar-refractivity contribution >= 4 is 27.8 Å². The summed E-state index contributed by atoms with van der Waals surface area (Å²) in [4.78, 5) is 23.1. The van der Waals surface area contributed by atoms with E-state index in [9.17, 15) is 23.3 Å². The van der Waals surface area contributed by atoms with Crippen LogP contribution in [0.5, 0.6) is 11.5 Å². The minimum atomic E-state index is -3.67. The van der Waals surface area contributed by atoms with Crippen LogP contribution in [0.2, 0.25) is 0 Å². The number of nitro groups is 1. The van der Waals surface area contributed by atoms with E-state index in [1.165, 1.54) is 40.7 Å². The van der Waals surface area contributed by atoms with Crippen molar-refractivity contribution in [3.05, 3.63) is 57.6 Å². The Kier molecular flexibility index (Phi) is 5.57. The van der Waals surface area contributed by atoms with E-state index in [2.05, 4.69) is 10.5 Å². The van der Waals surface area contributed by atoms with E-state index in [4.69, 9.17) is 9.47 Å². The number of rotatable bonds is 6. The van der Waals surface area contributed by atoms with Crippen LogP contribution in [0.15, 0.2) is 46.4 Å². The molecule has 162 valence electrons. The monoisotopic (exact) mass is 446 g/mol. The average Bonchev–Trinajstić information content (AvgIpc) is 3.45. The van der Waals surface area contributed by atoms with Gasteiger partial charge in [0, 0.05) is 18.7 Å². The van der Waals surface area contributed by atoms with Gasteiger partial charge in [-0.3, -0.25) is 14.9 Å². The van der Waals surface area contributed by atoms with Crippen molar-refractivity contribution in [3.8, 4) is 11.5 Å². The molecule has 11 nitrogen and oxygen atoms in total. The molecule has 2 aromatic rings. The van der Waals surface area contributed by atoms with Gasteiger partial charge in [0.25, 0.3) is 11.6 Å². The molecular formula is C19H18N4O7S. The highest BCUT2D eigenvalue weighted by Gasteiger charge is 2.27. The Hall–Kier alpha value is -3.51. The molecule has 1 fully saturated rings. The van der Waals surface area contributed by atoms with Crippen molar-refractivity contribution in [3.63, 3.8) is 0 Å². The van der Waals surface area contributed by atoms with Crippen molar-refractivity contribution < 1.29 is 27.6 Å². The number of nitrogens with one attached hydrogen (secondary N) is 1. The van der Waals surface area contributed by atoms with Crippen LogP contribution in [0.25, 0.3) is 0 Å². The molecule has 1 amide bonds. The summed E-state index contributed by atoms with van der Waals surface area (Å²) >= 11 is 0. The second-order valence-electron chi connectivity index (χ2n) is 6.86. The van der Waals surface area contributed by atoms with Gasteiger partial charge in [0.15, 0.2) is 11.5 Å². The zero-order chi connectivity index (χ0) is 22.0. The van der Waals surface area contributed by atoms with Crippen molar-refractivity contribution in [2.24, 2.45) is 5.10 Å². The maximum Gasteiger partial charge on any atom is 0.282 e. The van der Waals surface area contributed by atoms with Crippen molar-refractivity contribution in [1.82, 2.24) is 9.73 Å². The van der Waals surface area contributed by atoms with Gasteiger partial charge in [0.2, 0.25) is 16.8 Å². The van der Waals surface area contributed by atoms with E-state index in [0.717, 1.165) is 19.1 Å². The minimum Gasteiger partial charge on any atom is -0.454 e. The molecule has 31 heavy (non-hydrogen) atoms. The lowest BCUT2D eigenvalue weighted by Crippen LogP contribution is -2.28. The van der Waals surface area contributed by atoms with Crippen molar-refractivity contribution in [2.45, 2.75) is 17.7 Å². The zero-order valence-corrected chi connectivity index (χ0v) is 17.0. The maximum atomic E-state index is 12.7. The quantitative estimate of drug-likeness (QED) is 0.406. The first-order valence-electron chi connectivity index (χ1n) is 9.38. The summed E-state index contributed by atoms with van der Waals surface area (Å²) in [5.74, 6) is -0.0692. The predicted molar refractivity (Wildman–Crippen MR) is 109 cm³/mol. The molecule has 2 aliphatic rings. The Bertz CT molecular complexity index is 1170. The third-order valence-electron chi connectivity index (χ3n) is 4.89. The van der Waals surface area contributed by atoms with Gasteiger partial charge in [-0.05, 0) is 37.1 Å². The topological polar surface area (TPSA) is 140 Å². The van der Waals surface area contributed by atoms with Crippen LogP contribution in [0.1, 0.15) is 28.8 Å². The summed E-state index contributed by atoms with van der Waals surface area (Å²) in [6.07, 6.45) is 2.73. The molecule has 4 rings (SSSR count). The average molecular weight is 446 g/mol. The molecule has 1 saturated heterocycles. The third kappa shape index (κ3) is 4.20. The van der Waals surface area contributed by atoms with E-state index >= 15 is 0 Å². The van der Waals surface area contributed by atoms with Gasteiger partial charge >= 0.3 is 0 Å². The van der Waals surface area contributed by atoms with E-state index < -0.39 is 20.9 Å². The molecule has 2 aromatic carbocycles. The Morgan fingerprint density at radius 1 is 1.16 bits per heavy atom. The Morgan fingerprint density at radius 2 is 1.87 bits per heavy atom. The fraction of sp³-hybridized carbons (Fsp3) is 0.263. The Labute approximate surface area is 177 Å². The molecule has 0 aliphatic carbocycles. The van der Waals surface area contributed by atoms with E-state index in [0.29, 0.717) is 18.8 Å². The molecule has 0 atom stereocenters. The van der Waals surface area contributed by atoms with Gasteiger partial charge in [0.1, 0.15) is 0 Å². The van der Waals surface area contributed by atoms with Crippen LogP contribution < -0.4 is 14.9 Å². The number of hydrogen-bond donors (Lipinski definition) is 1. The summed E-state index contributed by atoms with van der Waals surface area (Å²) < 4.78 is 37.1. The van der Waals surface area contributed by atoms with E-state index in [1.807, 2.05) is 0 Å². The number of ether oxygens (including phenoxy) is 2. The molecule has 0 saturated carbocycles. The fourth-order valence-corrected chi connectivity index (χ4v) is 4.87. The second-order valence-corrected chi connectivity index (χ2v) is 8.80. The molecule has 0 unspecified atom stereocenters. The van der Waals surface area contributed by atoms with Crippen molar-refractivity contribution in [1.29, 1.82) is 0 Å². The number of sulfonamides is 1. The molecule has 1 N–H and O–H groups in total. The summed E-state index contributed by atoms with van der Waals surface area (Å²) in [5, 5.41) is 15.1. The number of nitro benzene ring substituents is 1. The van der Waals surface area contributed by atoms with Gasteiger partial charge in [-0.1, -0.05) is 6.07 Å². The highest BCUT2D eigenvalue weighted by atomic mass is 32.2. The molecule has 2 aliphatic heterocycles. The Morgan fingerprint density at radius 3 is 2.58 bits per heavy atom. The van der Waals surface area contributed by atoms with Gasteiger partial charge in [-0.15, -0.1) is 0 Å². The molecule has 12 heteroatoms. The van der Waals surface area contributed by atoms with Crippen LogP contribution in [-0.2, 0) is 10.0 Å². The van der Waals surface area contributed by atoms with Crippen LogP contribution in [0.4, 0.5) is 5.69 Å². The number of fused-ring (bicyclic) bond motifs is 1. The summed E-state index contributed by atoms with van der Waals surface area (Å²) in [6, 6.07) is 8.25. The number of benzene rings is 2. The molecule has 0 aromatic heterocycles. The second kappa shape index (κ2) is 8.32. The number of nitrogens with zero attached hydrogens (tertiary/aromatic N) is 3.